The first-order valence-electron chi connectivity index (χ1n) is 2.52. The molecule has 1 N–H and O–H groups in total. The normalized spacial score (nSPS) is 16.4. The molecule has 0 unspecified atom stereocenters. The van der Waals surface area contributed by atoms with Gasteiger partial charge in [-0.05, 0) is 6.92 Å². The molecule has 0 aromatic heterocycles. The van der Waals surface area contributed by atoms with Crippen LogP contribution in [0.4, 0.5) is 0 Å². The molecule has 0 spiro atoms. The van der Waals surface area contributed by atoms with E-state index in [1.165, 1.54) is 0 Å². The Labute approximate surface area is 47.8 Å². The summed E-state index contributed by atoms with van der Waals surface area (Å²) >= 11 is 0. The van der Waals surface area contributed by atoms with Crippen LogP contribution in [-0.4, -0.2) is 11.6 Å². The molecule has 44 valence electrons. The molecular weight excluding hydrogens is 104 g/mol. The lowest BCUT2D eigenvalue weighted by Gasteiger charge is -2.16. The van der Waals surface area contributed by atoms with Crippen LogP contribution in [0.2, 0.25) is 0 Å². The van der Waals surface area contributed by atoms with Crippen LogP contribution in [0.15, 0.2) is 22.7 Å². The predicted octanol–water partition coefficient (Wildman–Crippen LogP) is 0.665. The van der Waals surface area contributed by atoms with Crippen LogP contribution < -0.4 is 5.53 Å². The van der Waals surface area contributed by atoms with Gasteiger partial charge in [0.15, 0.2) is 0 Å². The lowest BCUT2D eigenvalue weighted by Crippen LogP contribution is -2.29. The van der Waals surface area contributed by atoms with Crippen molar-refractivity contribution >= 4 is 0 Å². The number of hydrazine groups is 1. The summed E-state index contributed by atoms with van der Waals surface area (Å²) < 4.78 is 0. The van der Waals surface area contributed by atoms with Crippen LogP contribution in [0.1, 0.15) is 6.92 Å². The highest BCUT2D eigenvalue weighted by atomic mass is 15.7. The highest BCUT2D eigenvalue weighted by molar-refractivity contribution is 4.77. The fourth-order valence-corrected chi connectivity index (χ4v) is 0.436. The molecule has 0 aromatic rings. The van der Waals surface area contributed by atoms with Crippen molar-refractivity contribution in [2.45, 2.75) is 6.92 Å². The summed E-state index contributed by atoms with van der Waals surface area (Å²) in [6.45, 7) is 2.92. The van der Waals surface area contributed by atoms with E-state index in [-0.39, 0.29) is 0 Å². The minimum Gasteiger partial charge on any atom is -0.277 e. The van der Waals surface area contributed by atoms with Crippen molar-refractivity contribution in [2.24, 2.45) is 10.3 Å². The molecule has 1 aliphatic rings. The molecule has 0 atom stereocenters. The van der Waals surface area contributed by atoms with Crippen molar-refractivity contribution < 1.29 is 0 Å². The Balaban J connectivity index is 2.40. The molecule has 4 heteroatoms. The number of nitrogens with zero attached hydrogens (tertiary/aromatic N) is 3. The highest BCUT2D eigenvalue weighted by Gasteiger charge is 1.91. The Morgan fingerprint density at radius 3 is 3.00 bits per heavy atom. The minimum absolute atomic E-state index is 0.898. The van der Waals surface area contributed by atoms with Crippen LogP contribution in [0, 0.1) is 0 Å². The Hall–Kier alpha value is -1.06. The zero-order valence-corrected chi connectivity index (χ0v) is 4.70. The van der Waals surface area contributed by atoms with Crippen molar-refractivity contribution in [2.75, 3.05) is 6.54 Å². The summed E-state index contributed by atoms with van der Waals surface area (Å²) in [5.74, 6) is 0. The third kappa shape index (κ3) is 0.959. The molecule has 8 heavy (non-hydrogen) atoms. The monoisotopic (exact) mass is 112 g/mol. The fraction of sp³-hybridized carbons (Fsp3) is 0.500. The first kappa shape index (κ1) is 5.08. The molecule has 1 heterocycles. The maximum atomic E-state index is 3.57. The Kier molecular flexibility index (Phi) is 1.46. The summed E-state index contributed by atoms with van der Waals surface area (Å²) in [6.07, 6.45) is 3.47. The van der Waals surface area contributed by atoms with Gasteiger partial charge >= 0.3 is 0 Å². The quantitative estimate of drug-likeness (QED) is 0.541. The fourth-order valence-electron chi connectivity index (χ4n) is 0.436. The maximum absolute atomic E-state index is 3.57. The summed E-state index contributed by atoms with van der Waals surface area (Å²) in [7, 11) is 0. The van der Waals surface area contributed by atoms with E-state index >= 15 is 0 Å². The highest BCUT2D eigenvalue weighted by Crippen LogP contribution is 1.90. The van der Waals surface area contributed by atoms with Gasteiger partial charge in [-0.3, -0.25) is 5.01 Å². The second-order valence-electron chi connectivity index (χ2n) is 1.40. The number of hydrogen-bond donors (Lipinski definition) is 1. The van der Waals surface area contributed by atoms with Gasteiger partial charge < -0.3 is 0 Å². The zero-order valence-electron chi connectivity index (χ0n) is 4.70. The van der Waals surface area contributed by atoms with E-state index in [4.69, 9.17) is 0 Å². The van der Waals surface area contributed by atoms with E-state index in [1.54, 1.807) is 6.20 Å². The standard InChI is InChI=1S/C4H8N4/c1-2-8-4-3-5-6-7-8/h3-4H,2H2,1H3,(H,5,7). The van der Waals surface area contributed by atoms with Gasteiger partial charge in [-0.1, -0.05) is 5.22 Å². The van der Waals surface area contributed by atoms with Gasteiger partial charge in [0.1, 0.15) is 0 Å². The van der Waals surface area contributed by atoms with Crippen molar-refractivity contribution in [3.05, 3.63) is 12.4 Å². The van der Waals surface area contributed by atoms with Crippen molar-refractivity contribution in [3.8, 4) is 0 Å². The lowest BCUT2D eigenvalue weighted by atomic mass is 10.7. The van der Waals surface area contributed by atoms with Gasteiger partial charge in [-0.2, -0.15) is 5.53 Å². The van der Waals surface area contributed by atoms with Crippen LogP contribution in [-0.2, 0) is 0 Å². The zero-order chi connectivity index (χ0) is 5.82. The largest absolute Gasteiger partial charge is 0.277 e. The molecule has 0 amide bonds. The Morgan fingerprint density at radius 2 is 2.62 bits per heavy atom. The van der Waals surface area contributed by atoms with Gasteiger partial charge in [0.25, 0.3) is 0 Å². The maximum Gasteiger partial charge on any atom is 0.0692 e. The van der Waals surface area contributed by atoms with Crippen molar-refractivity contribution in [1.29, 1.82) is 0 Å². The average molecular weight is 112 g/mol. The third-order valence-corrected chi connectivity index (χ3v) is 0.885. The summed E-state index contributed by atoms with van der Waals surface area (Å²) in [5.41, 5.74) is 2.67. The second kappa shape index (κ2) is 2.30. The number of rotatable bonds is 1. The van der Waals surface area contributed by atoms with Crippen molar-refractivity contribution in [1.82, 2.24) is 10.5 Å². The van der Waals surface area contributed by atoms with E-state index in [9.17, 15) is 0 Å². The van der Waals surface area contributed by atoms with Gasteiger partial charge in [-0.15, -0.1) is 5.11 Å². The van der Waals surface area contributed by atoms with Crippen molar-refractivity contribution in [3.63, 3.8) is 0 Å². The predicted molar refractivity (Wildman–Crippen MR) is 29.5 cm³/mol. The molecule has 1 rings (SSSR count). The van der Waals surface area contributed by atoms with Crippen LogP contribution in [0.25, 0.3) is 0 Å². The van der Waals surface area contributed by atoms with Crippen LogP contribution >= 0.6 is 0 Å². The molecule has 0 saturated heterocycles. The molecule has 0 saturated carbocycles. The smallest absolute Gasteiger partial charge is 0.0692 e. The molecule has 0 fully saturated rings. The van der Waals surface area contributed by atoms with Gasteiger partial charge in [-0.25, -0.2) is 0 Å². The molecule has 4 nitrogen and oxygen atoms in total. The average Bonchev–Trinajstić information content (AvgIpc) is 1.90. The van der Waals surface area contributed by atoms with Crippen LogP contribution in [0.5, 0.6) is 0 Å². The topological polar surface area (TPSA) is 40.0 Å². The molecule has 0 bridgehead atoms. The van der Waals surface area contributed by atoms with E-state index < -0.39 is 0 Å². The number of hydrogen-bond acceptors (Lipinski definition) is 4. The summed E-state index contributed by atoms with van der Waals surface area (Å²) in [5, 5.41) is 8.94. The molecule has 0 aromatic carbocycles. The second-order valence-corrected chi connectivity index (χ2v) is 1.40. The van der Waals surface area contributed by atoms with Gasteiger partial charge in [0.2, 0.25) is 0 Å². The Morgan fingerprint density at radius 1 is 1.75 bits per heavy atom. The summed E-state index contributed by atoms with van der Waals surface area (Å²) in [4.78, 5) is 0. The van der Waals surface area contributed by atoms with E-state index in [0.717, 1.165) is 6.54 Å². The minimum atomic E-state index is 0.898. The van der Waals surface area contributed by atoms with E-state index in [0.29, 0.717) is 0 Å². The molecule has 1 aliphatic heterocycles. The summed E-state index contributed by atoms with van der Waals surface area (Å²) in [6, 6.07) is 0. The third-order valence-electron chi connectivity index (χ3n) is 0.885. The molecule has 0 radical (unpaired) electrons. The molecule has 0 aliphatic carbocycles. The SMILES string of the molecule is CCN1C=CN=NN1. The van der Waals surface area contributed by atoms with Gasteiger partial charge in [0, 0.05) is 12.7 Å². The number of nitrogens with one attached hydrogen (secondary N) is 1. The lowest BCUT2D eigenvalue weighted by molar-refractivity contribution is 0.271. The first-order valence-corrected chi connectivity index (χ1v) is 2.52. The molecular formula is C4H8N4. The van der Waals surface area contributed by atoms with Gasteiger partial charge in [0.05, 0.1) is 6.20 Å². The van der Waals surface area contributed by atoms with E-state index in [2.05, 4.69) is 15.9 Å². The Bertz CT molecular complexity index is 117. The first-order chi connectivity index (χ1) is 3.93. The van der Waals surface area contributed by atoms with E-state index in [1.807, 2.05) is 18.1 Å². The van der Waals surface area contributed by atoms with Crippen LogP contribution in [0.3, 0.4) is 0 Å².